The first-order chi connectivity index (χ1) is 8.19. The summed E-state index contributed by atoms with van der Waals surface area (Å²) < 4.78 is 0. The number of benzene rings is 2. The zero-order chi connectivity index (χ0) is 12.3. The monoisotopic (exact) mass is 262 g/mol. The van der Waals surface area contributed by atoms with Gasteiger partial charge in [0, 0.05) is 20.4 Å². The molecule has 0 N–H and O–H groups in total. The molecule has 2 rings (SSSR count). The number of hydrogen-bond donors (Lipinski definition) is 0. The summed E-state index contributed by atoms with van der Waals surface area (Å²) in [5.74, 6) is 0. The van der Waals surface area contributed by atoms with Crippen LogP contribution in [0.4, 0.5) is 0 Å². The van der Waals surface area contributed by atoms with Gasteiger partial charge in [0.2, 0.25) is 0 Å². The van der Waals surface area contributed by atoms with Crippen LogP contribution in [0.2, 0.25) is 5.02 Å². The second kappa shape index (κ2) is 5.39. The highest BCUT2D eigenvalue weighted by molar-refractivity contribution is 7.99. The van der Waals surface area contributed by atoms with E-state index in [0.29, 0.717) is 5.02 Å². The Balaban J connectivity index is 2.32. The fourth-order valence-electron chi connectivity index (χ4n) is 1.51. The summed E-state index contributed by atoms with van der Waals surface area (Å²) in [6.07, 6.45) is 0.889. The van der Waals surface area contributed by atoms with Gasteiger partial charge >= 0.3 is 0 Å². The van der Waals surface area contributed by atoms with Crippen molar-refractivity contribution in [1.82, 2.24) is 0 Å². The molecule has 0 radical (unpaired) electrons. The third-order valence-corrected chi connectivity index (χ3v) is 3.63. The number of rotatable bonds is 3. The van der Waals surface area contributed by atoms with Crippen LogP contribution in [-0.4, -0.2) is 6.29 Å². The van der Waals surface area contributed by atoms with Crippen molar-refractivity contribution in [3.05, 3.63) is 58.6 Å². The van der Waals surface area contributed by atoms with Gasteiger partial charge in [-0.15, -0.1) is 0 Å². The molecular formula is C14H11ClOS. The van der Waals surface area contributed by atoms with Gasteiger partial charge in [0.15, 0.2) is 6.29 Å². The highest BCUT2D eigenvalue weighted by Gasteiger charge is 2.04. The molecule has 0 bridgehead atoms. The van der Waals surface area contributed by atoms with E-state index >= 15 is 0 Å². The summed E-state index contributed by atoms with van der Waals surface area (Å²) in [4.78, 5) is 13.0. The molecule has 0 aromatic heterocycles. The van der Waals surface area contributed by atoms with Crippen molar-refractivity contribution in [2.75, 3.05) is 0 Å². The van der Waals surface area contributed by atoms with E-state index in [9.17, 15) is 4.79 Å². The lowest BCUT2D eigenvalue weighted by Gasteiger charge is -2.05. The lowest BCUT2D eigenvalue weighted by molar-refractivity contribution is 0.112. The molecule has 0 aliphatic heterocycles. The first kappa shape index (κ1) is 12.2. The maximum absolute atomic E-state index is 11.0. The molecule has 1 nitrogen and oxygen atoms in total. The third-order valence-electron chi connectivity index (χ3n) is 2.32. The molecule has 0 unspecified atom stereocenters. The molecule has 0 heterocycles. The summed E-state index contributed by atoms with van der Waals surface area (Å²) >= 11 is 7.47. The Morgan fingerprint density at radius 2 is 2.00 bits per heavy atom. The fraction of sp³-hybridized carbons (Fsp3) is 0.0714. The van der Waals surface area contributed by atoms with Crippen LogP contribution in [0, 0.1) is 6.92 Å². The van der Waals surface area contributed by atoms with Crippen molar-refractivity contribution >= 4 is 29.6 Å². The van der Waals surface area contributed by atoms with Gasteiger partial charge in [-0.3, -0.25) is 4.79 Å². The summed E-state index contributed by atoms with van der Waals surface area (Å²) in [6.45, 7) is 1.97. The molecule has 0 atom stereocenters. The molecule has 0 aliphatic carbocycles. The molecule has 0 saturated carbocycles. The summed E-state index contributed by atoms with van der Waals surface area (Å²) in [5.41, 5.74) is 1.80. The lowest BCUT2D eigenvalue weighted by Crippen LogP contribution is -1.86. The molecule has 0 aliphatic rings. The zero-order valence-electron chi connectivity index (χ0n) is 9.31. The molecule has 2 aromatic rings. The predicted molar refractivity (Wildman–Crippen MR) is 72.1 cm³/mol. The van der Waals surface area contributed by atoms with Crippen molar-refractivity contribution in [3.8, 4) is 0 Å². The first-order valence-electron chi connectivity index (χ1n) is 5.18. The average Bonchev–Trinajstić information content (AvgIpc) is 2.31. The molecule has 0 fully saturated rings. The third kappa shape index (κ3) is 3.11. The maximum atomic E-state index is 11.0. The van der Waals surface area contributed by atoms with Gasteiger partial charge in [-0.2, -0.15) is 0 Å². The van der Waals surface area contributed by atoms with E-state index in [1.807, 2.05) is 49.4 Å². The van der Waals surface area contributed by atoms with Crippen molar-refractivity contribution in [1.29, 1.82) is 0 Å². The highest BCUT2D eigenvalue weighted by Crippen LogP contribution is 2.31. The normalized spacial score (nSPS) is 10.2. The highest BCUT2D eigenvalue weighted by atomic mass is 35.5. The van der Waals surface area contributed by atoms with Gasteiger partial charge in [0.25, 0.3) is 0 Å². The van der Waals surface area contributed by atoms with E-state index < -0.39 is 0 Å². The van der Waals surface area contributed by atoms with E-state index in [1.165, 1.54) is 0 Å². The van der Waals surface area contributed by atoms with Gasteiger partial charge in [-0.1, -0.05) is 41.1 Å². The summed E-state index contributed by atoms with van der Waals surface area (Å²) in [7, 11) is 0. The standard InChI is InChI=1S/C14H11ClOS/c1-10-5-6-14(11(7-10)9-16)17-13-4-2-3-12(15)8-13/h2-9H,1H3. The van der Waals surface area contributed by atoms with E-state index in [2.05, 4.69) is 0 Å². The van der Waals surface area contributed by atoms with E-state index in [4.69, 9.17) is 11.6 Å². The van der Waals surface area contributed by atoms with Crippen LogP contribution in [0.25, 0.3) is 0 Å². The van der Waals surface area contributed by atoms with Crippen molar-refractivity contribution in [3.63, 3.8) is 0 Å². The van der Waals surface area contributed by atoms with Crippen LogP contribution < -0.4 is 0 Å². The Labute approximate surface area is 110 Å². The Morgan fingerprint density at radius 1 is 1.18 bits per heavy atom. The number of halogens is 1. The number of aryl methyl sites for hydroxylation is 1. The van der Waals surface area contributed by atoms with Crippen molar-refractivity contribution in [2.45, 2.75) is 16.7 Å². The molecular weight excluding hydrogens is 252 g/mol. The Kier molecular flexibility index (Phi) is 3.87. The Hall–Kier alpha value is -1.25. The van der Waals surface area contributed by atoms with E-state index in [1.54, 1.807) is 11.8 Å². The van der Waals surface area contributed by atoms with Crippen LogP contribution in [0.3, 0.4) is 0 Å². The average molecular weight is 263 g/mol. The topological polar surface area (TPSA) is 17.1 Å². The lowest BCUT2D eigenvalue weighted by atomic mass is 10.2. The van der Waals surface area contributed by atoms with Crippen LogP contribution >= 0.6 is 23.4 Å². The van der Waals surface area contributed by atoms with E-state index in [-0.39, 0.29) is 0 Å². The number of hydrogen-bond acceptors (Lipinski definition) is 2. The maximum Gasteiger partial charge on any atom is 0.151 e. The van der Waals surface area contributed by atoms with Crippen molar-refractivity contribution in [2.24, 2.45) is 0 Å². The molecule has 2 aromatic carbocycles. The smallest absolute Gasteiger partial charge is 0.151 e. The minimum atomic E-state index is 0.703. The molecule has 17 heavy (non-hydrogen) atoms. The number of carbonyl (C=O) groups is 1. The van der Waals surface area contributed by atoms with Gasteiger partial charge in [0.1, 0.15) is 0 Å². The minimum Gasteiger partial charge on any atom is -0.298 e. The van der Waals surface area contributed by atoms with Gasteiger partial charge < -0.3 is 0 Å². The second-order valence-electron chi connectivity index (χ2n) is 3.72. The number of aldehydes is 1. The molecule has 86 valence electrons. The summed E-state index contributed by atoms with van der Waals surface area (Å²) in [6, 6.07) is 13.5. The van der Waals surface area contributed by atoms with Crippen molar-refractivity contribution < 1.29 is 4.79 Å². The molecule has 0 amide bonds. The van der Waals surface area contributed by atoms with Crippen LogP contribution in [0.5, 0.6) is 0 Å². The van der Waals surface area contributed by atoms with E-state index in [0.717, 1.165) is 27.2 Å². The van der Waals surface area contributed by atoms with Gasteiger partial charge in [-0.05, 0) is 37.3 Å². The Bertz CT molecular complexity index is 552. The van der Waals surface area contributed by atoms with Crippen LogP contribution in [-0.2, 0) is 0 Å². The first-order valence-corrected chi connectivity index (χ1v) is 6.38. The predicted octanol–water partition coefficient (Wildman–Crippen LogP) is 4.61. The largest absolute Gasteiger partial charge is 0.298 e. The van der Waals surface area contributed by atoms with Crippen LogP contribution in [0.1, 0.15) is 15.9 Å². The molecule has 3 heteroatoms. The minimum absolute atomic E-state index is 0.703. The Morgan fingerprint density at radius 3 is 2.71 bits per heavy atom. The zero-order valence-corrected chi connectivity index (χ0v) is 10.9. The SMILES string of the molecule is Cc1ccc(Sc2cccc(Cl)c2)c(C=O)c1. The number of carbonyl (C=O) groups excluding carboxylic acids is 1. The van der Waals surface area contributed by atoms with Gasteiger partial charge in [0.05, 0.1) is 0 Å². The molecule has 0 saturated heterocycles. The quantitative estimate of drug-likeness (QED) is 0.752. The fourth-order valence-corrected chi connectivity index (χ4v) is 2.71. The van der Waals surface area contributed by atoms with Gasteiger partial charge in [-0.25, -0.2) is 0 Å². The molecule has 0 spiro atoms. The van der Waals surface area contributed by atoms with Crippen LogP contribution in [0.15, 0.2) is 52.3 Å². The summed E-state index contributed by atoms with van der Waals surface area (Å²) in [5, 5.41) is 0.703. The second-order valence-corrected chi connectivity index (χ2v) is 5.27.